The molecule has 2 heterocycles. The lowest BCUT2D eigenvalue weighted by Crippen LogP contribution is -2.53. The van der Waals surface area contributed by atoms with Crippen LogP contribution in [-0.2, 0) is 9.53 Å². The molecule has 1 aromatic carbocycles. The molecule has 1 saturated heterocycles. The van der Waals surface area contributed by atoms with Gasteiger partial charge in [0.15, 0.2) is 23.3 Å². The number of ether oxygens (including phenoxy) is 1. The van der Waals surface area contributed by atoms with Crippen LogP contribution < -0.4 is 0 Å². The van der Waals surface area contributed by atoms with Crippen LogP contribution >= 0.6 is 0 Å². The SMILES string of the molecule is COC(=O)C1=C2CCN(C(=O)c3c(F)c(F)c(F)c(F)c3F)C1C2. The van der Waals surface area contributed by atoms with E-state index in [1.165, 1.54) is 0 Å². The number of amides is 1. The lowest BCUT2D eigenvalue weighted by Gasteiger charge is -2.45. The number of rotatable bonds is 2. The first-order valence-electron chi connectivity index (χ1n) is 6.92. The number of fused-ring (bicyclic) bond motifs is 2. The summed E-state index contributed by atoms with van der Waals surface area (Å²) in [7, 11) is 1.14. The summed E-state index contributed by atoms with van der Waals surface area (Å²) < 4.78 is 71.8. The van der Waals surface area contributed by atoms with Crippen molar-refractivity contribution in [1.82, 2.24) is 4.90 Å². The van der Waals surface area contributed by atoms with Gasteiger partial charge in [0.05, 0.1) is 18.7 Å². The summed E-state index contributed by atoms with van der Waals surface area (Å²) in [5.41, 5.74) is -0.569. The van der Waals surface area contributed by atoms with Gasteiger partial charge in [0.25, 0.3) is 5.91 Å². The fraction of sp³-hybridized carbons (Fsp3) is 0.333. The number of benzene rings is 1. The van der Waals surface area contributed by atoms with E-state index in [0.717, 1.165) is 17.6 Å². The van der Waals surface area contributed by atoms with Gasteiger partial charge in [-0.1, -0.05) is 5.57 Å². The third-order valence-corrected chi connectivity index (χ3v) is 4.27. The summed E-state index contributed by atoms with van der Waals surface area (Å²) in [6, 6.07) is -0.788. The highest BCUT2D eigenvalue weighted by Gasteiger charge is 2.46. The first-order valence-corrected chi connectivity index (χ1v) is 6.92. The second kappa shape index (κ2) is 5.57. The predicted octanol–water partition coefficient (Wildman–Crippen LogP) is 2.47. The Hall–Kier alpha value is -2.45. The third kappa shape index (κ3) is 2.10. The highest BCUT2D eigenvalue weighted by atomic mass is 19.2. The van der Waals surface area contributed by atoms with E-state index >= 15 is 0 Å². The first kappa shape index (κ1) is 16.4. The molecule has 0 spiro atoms. The van der Waals surface area contributed by atoms with Crippen molar-refractivity contribution in [3.8, 4) is 0 Å². The van der Waals surface area contributed by atoms with Gasteiger partial charge in [-0.2, -0.15) is 0 Å². The fourth-order valence-corrected chi connectivity index (χ4v) is 3.03. The van der Waals surface area contributed by atoms with Crippen molar-refractivity contribution >= 4 is 11.9 Å². The van der Waals surface area contributed by atoms with Gasteiger partial charge in [-0.05, 0) is 12.8 Å². The molecule has 9 heteroatoms. The van der Waals surface area contributed by atoms with Crippen molar-refractivity contribution < 1.29 is 36.3 Å². The predicted molar refractivity (Wildman–Crippen MR) is 69.3 cm³/mol. The molecule has 0 saturated carbocycles. The zero-order valence-electron chi connectivity index (χ0n) is 12.3. The standard InChI is InChI=1S/C15H10F5NO3/c1-24-15(23)7-5-2-3-21(6(7)4-5)14(22)8-9(16)11(18)13(20)12(19)10(8)17/h6H,2-4H2,1H3. The largest absolute Gasteiger partial charge is 0.466 e. The summed E-state index contributed by atoms with van der Waals surface area (Å²) >= 11 is 0. The summed E-state index contributed by atoms with van der Waals surface area (Å²) in [6.45, 7) is 0.0127. The molecule has 1 amide bonds. The van der Waals surface area contributed by atoms with E-state index in [4.69, 9.17) is 0 Å². The van der Waals surface area contributed by atoms with E-state index in [2.05, 4.69) is 4.74 Å². The van der Waals surface area contributed by atoms with E-state index in [1.54, 1.807) is 0 Å². The monoisotopic (exact) mass is 347 g/mol. The minimum absolute atomic E-state index is 0.0127. The van der Waals surface area contributed by atoms with Crippen LogP contribution in [0.3, 0.4) is 0 Å². The molecule has 0 aromatic heterocycles. The number of nitrogens with zero attached hydrogens (tertiary/aromatic N) is 1. The second-order valence-corrected chi connectivity index (χ2v) is 5.42. The van der Waals surface area contributed by atoms with Crippen molar-refractivity contribution in [2.75, 3.05) is 13.7 Å². The molecule has 0 radical (unpaired) electrons. The number of hydrogen-bond donors (Lipinski definition) is 0. The normalized spacial score (nSPS) is 19.2. The Balaban J connectivity index is 2.01. The highest BCUT2D eigenvalue weighted by molar-refractivity contribution is 5.99. The fourth-order valence-electron chi connectivity index (χ4n) is 3.03. The van der Waals surface area contributed by atoms with E-state index in [9.17, 15) is 31.5 Å². The van der Waals surface area contributed by atoms with Gasteiger partial charge >= 0.3 is 5.97 Å². The maximum Gasteiger partial charge on any atom is 0.335 e. The molecule has 128 valence electrons. The molecule has 1 unspecified atom stereocenters. The van der Waals surface area contributed by atoms with Gasteiger partial charge in [0.2, 0.25) is 5.82 Å². The second-order valence-electron chi connectivity index (χ2n) is 5.42. The summed E-state index contributed by atoms with van der Waals surface area (Å²) in [6.07, 6.45) is 0.563. The molecular weight excluding hydrogens is 337 g/mol. The molecule has 2 bridgehead atoms. The van der Waals surface area contributed by atoms with Crippen LogP contribution in [0.15, 0.2) is 11.1 Å². The van der Waals surface area contributed by atoms with Gasteiger partial charge in [-0.25, -0.2) is 26.7 Å². The Morgan fingerprint density at radius 2 is 1.54 bits per heavy atom. The average molecular weight is 347 g/mol. The van der Waals surface area contributed by atoms with Crippen LogP contribution in [-0.4, -0.2) is 36.5 Å². The molecule has 1 aliphatic carbocycles. The number of carbonyl (C=O) groups excluding carboxylic acids is 2. The lowest BCUT2D eigenvalue weighted by molar-refractivity contribution is -0.137. The quantitative estimate of drug-likeness (QED) is 0.357. The van der Waals surface area contributed by atoms with Crippen LogP contribution in [0.2, 0.25) is 0 Å². The van der Waals surface area contributed by atoms with E-state index in [0.29, 0.717) is 6.42 Å². The zero-order valence-corrected chi connectivity index (χ0v) is 12.3. The molecular formula is C15H10F5NO3. The van der Waals surface area contributed by atoms with Crippen LogP contribution in [0, 0.1) is 29.1 Å². The molecule has 24 heavy (non-hydrogen) atoms. The Kier molecular flexibility index (Phi) is 3.81. The van der Waals surface area contributed by atoms with Crippen LogP contribution in [0.1, 0.15) is 23.2 Å². The minimum atomic E-state index is -2.33. The van der Waals surface area contributed by atoms with Crippen molar-refractivity contribution in [1.29, 1.82) is 0 Å². The molecule has 4 rings (SSSR count). The lowest BCUT2D eigenvalue weighted by atomic mass is 9.76. The molecule has 0 N–H and O–H groups in total. The summed E-state index contributed by atoms with van der Waals surface area (Å²) in [4.78, 5) is 25.0. The van der Waals surface area contributed by atoms with Gasteiger partial charge in [-0.15, -0.1) is 0 Å². The van der Waals surface area contributed by atoms with Crippen molar-refractivity contribution in [3.63, 3.8) is 0 Å². The van der Waals surface area contributed by atoms with E-state index in [1.807, 2.05) is 0 Å². The van der Waals surface area contributed by atoms with Crippen LogP contribution in [0.4, 0.5) is 22.0 Å². The Morgan fingerprint density at radius 1 is 1.00 bits per heavy atom. The number of carbonyl (C=O) groups is 2. The number of halogens is 5. The number of hydrogen-bond acceptors (Lipinski definition) is 3. The topological polar surface area (TPSA) is 46.6 Å². The van der Waals surface area contributed by atoms with Gasteiger partial charge in [0.1, 0.15) is 5.56 Å². The van der Waals surface area contributed by atoms with Crippen LogP contribution in [0.5, 0.6) is 0 Å². The number of methoxy groups -OCH3 is 1. The van der Waals surface area contributed by atoms with E-state index in [-0.39, 0.29) is 18.5 Å². The van der Waals surface area contributed by atoms with Crippen molar-refractivity contribution in [2.45, 2.75) is 18.9 Å². The van der Waals surface area contributed by atoms with Gasteiger partial charge in [0, 0.05) is 6.54 Å². The Morgan fingerprint density at radius 3 is 2.04 bits per heavy atom. The molecule has 3 aliphatic rings. The molecule has 1 atom stereocenters. The number of esters is 1. The first-order chi connectivity index (χ1) is 11.3. The maximum absolute atomic E-state index is 13.8. The average Bonchev–Trinajstić information content (AvgIpc) is 2.57. The third-order valence-electron chi connectivity index (χ3n) is 4.27. The van der Waals surface area contributed by atoms with Crippen molar-refractivity contribution in [2.24, 2.45) is 0 Å². The van der Waals surface area contributed by atoms with E-state index < -0.39 is 52.6 Å². The smallest absolute Gasteiger partial charge is 0.335 e. The minimum Gasteiger partial charge on any atom is -0.466 e. The van der Waals surface area contributed by atoms with Gasteiger partial charge in [-0.3, -0.25) is 4.79 Å². The van der Waals surface area contributed by atoms with Crippen molar-refractivity contribution in [3.05, 3.63) is 45.8 Å². The van der Waals surface area contributed by atoms with Crippen LogP contribution in [0.25, 0.3) is 0 Å². The zero-order chi connectivity index (χ0) is 17.8. The molecule has 1 aromatic rings. The Labute approximate surface area is 132 Å². The summed E-state index contributed by atoms with van der Waals surface area (Å²) in [5, 5.41) is 0. The van der Waals surface area contributed by atoms with Gasteiger partial charge < -0.3 is 9.64 Å². The molecule has 1 fully saturated rings. The number of piperidine rings is 1. The Bertz CT molecular complexity index is 776. The maximum atomic E-state index is 13.8. The summed E-state index contributed by atoms with van der Waals surface area (Å²) in [5.74, 6) is -13.1. The highest BCUT2D eigenvalue weighted by Crippen LogP contribution is 2.41. The molecule has 4 nitrogen and oxygen atoms in total. The molecule has 2 aliphatic heterocycles.